The summed E-state index contributed by atoms with van der Waals surface area (Å²) in [5.74, 6) is -0.714. The molecule has 0 saturated heterocycles. The van der Waals surface area contributed by atoms with E-state index in [4.69, 9.17) is 9.84 Å². The lowest BCUT2D eigenvalue weighted by Gasteiger charge is -2.11. The topological polar surface area (TPSA) is 110 Å². The number of carboxylic acid groups (broad SMARTS) is 1. The summed E-state index contributed by atoms with van der Waals surface area (Å²) in [6, 6.07) is 12.8. The van der Waals surface area contributed by atoms with E-state index < -0.39 is 16.0 Å². The minimum absolute atomic E-state index is 0.00106. The van der Waals surface area contributed by atoms with Crippen LogP contribution in [0.25, 0.3) is 6.08 Å². The molecule has 0 atom stereocenters. The van der Waals surface area contributed by atoms with Gasteiger partial charge in [-0.1, -0.05) is 18.2 Å². The Morgan fingerprint density at radius 2 is 1.76 bits per heavy atom. The first-order chi connectivity index (χ1) is 13.7. The minimum Gasteiger partial charge on any atom is -0.490 e. The van der Waals surface area contributed by atoms with E-state index in [1.807, 2.05) is 38.1 Å². The van der Waals surface area contributed by atoms with Gasteiger partial charge in [0.2, 0.25) is 10.0 Å². The van der Waals surface area contributed by atoms with E-state index in [9.17, 15) is 18.0 Å². The Kier molecular flexibility index (Phi) is 7.69. The number of aliphatic carboxylic acids is 1. The average Bonchev–Trinajstić information content (AvgIpc) is 2.66. The van der Waals surface area contributed by atoms with Crippen molar-refractivity contribution >= 4 is 27.9 Å². The van der Waals surface area contributed by atoms with Crippen molar-refractivity contribution in [3.63, 3.8) is 0 Å². The van der Waals surface area contributed by atoms with E-state index in [0.717, 1.165) is 5.56 Å². The molecule has 0 fully saturated rings. The Morgan fingerprint density at radius 3 is 2.38 bits per heavy atom. The number of sulfonamides is 1. The van der Waals surface area contributed by atoms with Crippen LogP contribution in [-0.2, 0) is 14.8 Å². The molecular weight excluding hydrogens is 394 g/mol. The number of ether oxygens (including phenoxy) is 1. The summed E-state index contributed by atoms with van der Waals surface area (Å²) in [5.41, 5.74) is 1.09. The van der Waals surface area contributed by atoms with Crippen LogP contribution in [0.4, 0.5) is 0 Å². The highest BCUT2D eigenvalue weighted by Gasteiger charge is 2.14. The van der Waals surface area contributed by atoms with Gasteiger partial charge in [-0.25, -0.2) is 13.1 Å². The third-order valence-corrected chi connectivity index (χ3v) is 5.25. The van der Waals surface area contributed by atoms with Crippen LogP contribution in [0.3, 0.4) is 0 Å². The highest BCUT2D eigenvalue weighted by atomic mass is 32.2. The zero-order valence-corrected chi connectivity index (χ0v) is 17.0. The van der Waals surface area contributed by atoms with E-state index in [2.05, 4.69) is 4.72 Å². The summed E-state index contributed by atoms with van der Waals surface area (Å²) >= 11 is 0. The molecule has 7 nitrogen and oxygen atoms in total. The Balaban J connectivity index is 2.09. The van der Waals surface area contributed by atoms with Gasteiger partial charge in [0.15, 0.2) is 5.78 Å². The Morgan fingerprint density at radius 1 is 1.10 bits per heavy atom. The first-order valence-corrected chi connectivity index (χ1v) is 10.5. The number of nitrogens with one attached hydrogen (secondary N) is 1. The fourth-order valence-corrected chi connectivity index (χ4v) is 3.45. The lowest BCUT2D eigenvalue weighted by molar-refractivity contribution is -0.136. The molecule has 0 amide bonds. The van der Waals surface area contributed by atoms with Crippen LogP contribution in [-0.4, -0.2) is 37.9 Å². The van der Waals surface area contributed by atoms with Crippen LogP contribution in [0.5, 0.6) is 5.75 Å². The first-order valence-electron chi connectivity index (χ1n) is 8.98. The number of carbonyl (C=O) groups excluding carboxylic acids is 1. The van der Waals surface area contributed by atoms with E-state index in [0.29, 0.717) is 11.3 Å². The van der Waals surface area contributed by atoms with Crippen LogP contribution >= 0.6 is 0 Å². The molecule has 0 bridgehead atoms. The quantitative estimate of drug-likeness (QED) is 0.454. The number of carbonyl (C=O) groups is 2. The number of ketones is 1. The van der Waals surface area contributed by atoms with Gasteiger partial charge in [-0.3, -0.25) is 9.59 Å². The molecule has 0 heterocycles. The molecule has 0 aromatic heterocycles. The molecule has 0 aliphatic carbocycles. The molecule has 0 spiro atoms. The van der Waals surface area contributed by atoms with Gasteiger partial charge in [0, 0.05) is 17.7 Å². The van der Waals surface area contributed by atoms with Crippen molar-refractivity contribution in [3.05, 3.63) is 65.7 Å². The highest BCUT2D eigenvalue weighted by Crippen LogP contribution is 2.21. The molecule has 2 rings (SSSR count). The van der Waals surface area contributed by atoms with Crippen molar-refractivity contribution in [2.75, 3.05) is 6.54 Å². The number of para-hydroxylation sites is 1. The average molecular weight is 417 g/mol. The maximum atomic E-state index is 12.4. The van der Waals surface area contributed by atoms with Crippen molar-refractivity contribution < 1.29 is 27.9 Å². The number of hydrogen-bond donors (Lipinski definition) is 2. The predicted octanol–water partition coefficient (Wildman–Crippen LogP) is 3.12. The van der Waals surface area contributed by atoms with Gasteiger partial charge >= 0.3 is 5.97 Å². The lowest BCUT2D eigenvalue weighted by Crippen LogP contribution is -2.26. The smallest absolute Gasteiger partial charge is 0.304 e. The van der Waals surface area contributed by atoms with E-state index >= 15 is 0 Å². The maximum Gasteiger partial charge on any atom is 0.304 e. The molecule has 0 saturated carbocycles. The van der Waals surface area contributed by atoms with Gasteiger partial charge in [-0.15, -0.1) is 0 Å². The van der Waals surface area contributed by atoms with Gasteiger partial charge in [0.05, 0.1) is 17.4 Å². The number of benzene rings is 2. The van der Waals surface area contributed by atoms with Crippen molar-refractivity contribution in [2.24, 2.45) is 0 Å². The second kappa shape index (κ2) is 9.99. The summed E-state index contributed by atoms with van der Waals surface area (Å²) in [7, 11) is -3.83. The van der Waals surface area contributed by atoms with Gasteiger partial charge in [0.25, 0.3) is 0 Å². The van der Waals surface area contributed by atoms with Crippen molar-refractivity contribution in [1.82, 2.24) is 4.72 Å². The second-order valence-corrected chi connectivity index (χ2v) is 8.23. The third-order valence-electron chi connectivity index (χ3n) is 3.78. The first kappa shape index (κ1) is 22.3. The molecule has 154 valence electrons. The van der Waals surface area contributed by atoms with Gasteiger partial charge in [-0.2, -0.15) is 0 Å². The minimum atomic E-state index is -3.83. The molecule has 29 heavy (non-hydrogen) atoms. The molecule has 0 radical (unpaired) electrons. The number of carboxylic acids is 1. The molecule has 2 aromatic rings. The van der Waals surface area contributed by atoms with E-state index in [-0.39, 0.29) is 29.7 Å². The Bertz CT molecular complexity index is 994. The van der Waals surface area contributed by atoms with E-state index in [1.165, 1.54) is 30.3 Å². The normalized spacial score (nSPS) is 11.7. The SMILES string of the molecule is CC(C)Oc1ccccc1/C=C/C(=O)c1ccc(S(=O)(=O)NCCC(=O)O)cc1. The Labute approximate surface area is 170 Å². The largest absolute Gasteiger partial charge is 0.490 e. The summed E-state index contributed by atoms with van der Waals surface area (Å²) in [5, 5.41) is 8.58. The molecule has 0 aliphatic heterocycles. The predicted molar refractivity (Wildman–Crippen MR) is 109 cm³/mol. The lowest BCUT2D eigenvalue weighted by atomic mass is 10.1. The number of hydrogen-bond acceptors (Lipinski definition) is 5. The van der Waals surface area contributed by atoms with Gasteiger partial charge in [-0.05, 0) is 56.3 Å². The molecule has 8 heteroatoms. The van der Waals surface area contributed by atoms with Crippen LogP contribution < -0.4 is 9.46 Å². The summed E-state index contributed by atoms with van der Waals surface area (Å²) in [6.45, 7) is 3.62. The van der Waals surface area contributed by atoms with Gasteiger partial charge in [0.1, 0.15) is 5.75 Å². The second-order valence-electron chi connectivity index (χ2n) is 6.47. The van der Waals surface area contributed by atoms with Crippen LogP contribution in [0.1, 0.15) is 36.2 Å². The van der Waals surface area contributed by atoms with Crippen molar-refractivity contribution in [1.29, 1.82) is 0 Å². The summed E-state index contributed by atoms with van der Waals surface area (Å²) < 4.78 is 32.1. The van der Waals surface area contributed by atoms with Crippen molar-refractivity contribution in [3.8, 4) is 5.75 Å². The van der Waals surface area contributed by atoms with Crippen LogP contribution in [0.15, 0.2) is 59.5 Å². The van der Waals surface area contributed by atoms with Gasteiger partial charge < -0.3 is 9.84 Å². The fraction of sp³-hybridized carbons (Fsp3) is 0.238. The van der Waals surface area contributed by atoms with E-state index in [1.54, 1.807) is 6.08 Å². The zero-order chi connectivity index (χ0) is 21.4. The Hall–Kier alpha value is -2.97. The molecule has 0 unspecified atom stereocenters. The monoisotopic (exact) mass is 417 g/mol. The summed E-state index contributed by atoms with van der Waals surface area (Å²) in [4.78, 5) is 22.9. The molecular formula is C21H23NO6S. The molecule has 2 aromatic carbocycles. The number of rotatable bonds is 10. The van der Waals surface area contributed by atoms with Crippen molar-refractivity contribution in [2.45, 2.75) is 31.3 Å². The molecule has 2 N–H and O–H groups in total. The van der Waals surface area contributed by atoms with Crippen LogP contribution in [0, 0.1) is 0 Å². The maximum absolute atomic E-state index is 12.4. The van der Waals surface area contributed by atoms with Crippen LogP contribution in [0.2, 0.25) is 0 Å². The molecule has 0 aliphatic rings. The zero-order valence-electron chi connectivity index (χ0n) is 16.2. The third kappa shape index (κ3) is 6.85. The fourth-order valence-electron chi connectivity index (χ4n) is 2.42. The highest BCUT2D eigenvalue weighted by molar-refractivity contribution is 7.89. The summed E-state index contributed by atoms with van der Waals surface area (Å²) in [6.07, 6.45) is 2.73. The standard InChI is InChI=1S/C21H23NO6S/c1-15(2)28-20-6-4-3-5-17(20)9-12-19(23)16-7-10-18(11-8-16)29(26,27)22-14-13-21(24)25/h3-12,15,22H,13-14H2,1-2H3,(H,24,25)/b12-9+. The number of allylic oxidation sites excluding steroid dienone is 1.